The van der Waals surface area contributed by atoms with Crippen molar-refractivity contribution < 1.29 is 28.8 Å². The highest BCUT2D eigenvalue weighted by atomic mass is 16.6. The molecule has 2 heterocycles. The molecule has 0 spiro atoms. The number of hydrogen-bond acceptors (Lipinski definition) is 7. The molecule has 0 amide bonds. The first-order valence-corrected chi connectivity index (χ1v) is 12.2. The van der Waals surface area contributed by atoms with E-state index in [2.05, 4.69) is 4.90 Å². The topological polar surface area (TPSA) is 77.5 Å². The van der Waals surface area contributed by atoms with Gasteiger partial charge in [0.1, 0.15) is 30.5 Å². The van der Waals surface area contributed by atoms with Crippen molar-refractivity contribution in [3.8, 4) is 23.0 Å². The molecular formula is C27H35NO6. The van der Waals surface area contributed by atoms with Crippen molar-refractivity contribution in [2.24, 2.45) is 5.92 Å². The van der Waals surface area contributed by atoms with Crippen molar-refractivity contribution in [1.29, 1.82) is 0 Å². The molecule has 0 saturated carbocycles. The number of piperidine rings is 1. The van der Waals surface area contributed by atoms with E-state index in [4.69, 9.17) is 18.9 Å². The SMILES string of the molecule is COc1ccc(OCCC(=O)C[C@H](CN2CCCCC2)[C@H](O)c2ccc3c(c2)OCCO3)cc1. The predicted octanol–water partition coefficient (Wildman–Crippen LogP) is 4.03. The molecule has 0 radical (unpaired) electrons. The molecule has 1 N–H and O–H groups in total. The van der Waals surface area contributed by atoms with E-state index in [1.54, 1.807) is 7.11 Å². The standard InChI is InChI=1S/C27H35NO6/c1-31-23-6-8-24(9-7-23)32-14-11-22(29)17-21(19-28-12-3-2-4-13-28)27(30)20-5-10-25-26(18-20)34-16-15-33-25/h5-10,18,21,27,30H,2-4,11-17,19H2,1H3/t21-,27-/m1/s1. The number of fused-ring (bicyclic) bond motifs is 1. The Balaban J connectivity index is 1.37. The molecule has 184 valence electrons. The van der Waals surface area contributed by atoms with Crippen LogP contribution in [0.3, 0.4) is 0 Å². The second-order valence-corrected chi connectivity index (χ2v) is 8.99. The number of carbonyl (C=O) groups excluding carboxylic acids is 1. The van der Waals surface area contributed by atoms with Crippen molar-refractivity contribution in [1.82, 2.24) is 4.90 Å². The first-order valence-electron chi connectivity index (χ1n) is 12.2. The summed E-state index contributed by atoms with van der Waals surface area (Å²) < 4.78 is 22.2. The highest BCUT2D eigenvalue weighted by Crippen LogP contribution is 2.35. The fraction of sp³-hybridized carbons (Fsp3) is 0.519. The van der Waals surface area contributed by atoms with Crippen molar-refractivity contribution in [3.63, 3.8) is 0 Å². The van der Waals surface area contributed by atoms with E-state index in [0.29, 0.717) is 56.5 Å². The molecule has 4 rings (SSSR count). The molecule has 2 aliphatic rings. The van der Waals surface area contributed by atoms with E-state index in [9.17, 15) is 9.90 Å². The van der Waals surface area contributed by atoms with Gasteiger partial charge in [-0.3, -0.25) is 4.79 Å². The van der Waals surface area contributed by atoms with Crippen LogP contribution in [0, 0.1) is 5.92 Å². The molecule has 34 heavy (non-hydrogen) atoms. The van der Waals surface area contributed by atoms with Crippen LogP contribution in [0.1, 0.15) is 43.8 Å². The summed E-state index contributed by atoms with van der Waals surface area (Å²) in [6.45, 7) is 4.05. The monoisotopic (exact) mass is 469 g/mol. The van der Waals surface area contributed by atoms with Gasteiger partial charge in [-0.15, -0.1) is 0 Å². The van der Waals surface area contributed by atoms with E-state index in [1.807, 2.05) is 42.5 Å². The van der Waals surface area contributed by atoms with Gasteiger partial charge in [-0.05, 0) is 67.9 Å². The van der Waals surface area contributed by atoms with Crippen LogP contribution in [0.4, 0.5) is 0 Å². The summed E-state index contributed by atoms with van der Waals surface area (Å²) in [4.78, 5) is 15.3. The lowest BCUT2D eigenvalue weighted by molar-refractivity contribution is -0.121. The second kappa shape index (κ2) is 12.1. The number of benzene rings is 2. The lowest BCUT2D eigenvalue weighted by Crippen LogP contribution is -2.37. The molecule has 0 unspecified atom stereocenters. The molecule has 0 aromatic heterocycles. The number of methoxy groups -OCH3 is 1. The summed E-state index contributed by atoms with van der Waals surface area (Å²) in [6.07, 6.45) is 3.42. The van der Waals surface area contributed by atoms with Crippen LogP contribution < -0.4 is 18.9 Å². The van der Waals surface area contributed by atoms with Gasteiger partial charge in [-0.1, -0.05) is 12.5 Å². The molecule has 0 bridgehead atoms. The third-order valence-corrected chi connectivity index (χ3v) is 6.49. The Morgan fingerprint density at radius 1 is 1.00 bits per heavy atom. The average Bonchev–Trinajstić information content (AvgIpc) is 2.88. The maximum atomic E-state index is 12.9. The van der Waals surface area contributed by atoms with E-state index >= 15 is 0 Å². The summed E-state index contributed by atoms with van der Waals surface area (Å²) in [7, 11) is 1.62. The van der Waals surface area contributed by atoms with Crippen molar-refractivity contribution in [2.45, 2.75) is 38.2 Å². The van der Waals surface area contributed by atoms with Crippen LogP contribution >= 0.6 is 0 Å². The number of ketones is 1. The highest BCUT2D eigenvalue weighted by molar-refractivity contribution is 5.78. The Bertz CT molecular complexity index is 925. The van der Waals surface area contributed by atoms with Crippen LogP contribution in [0.15, 0.2) is 42.5 Å². The van der Waals surface area contributed by atoms with Gasteiger partial charge in [0.25, 0.3) is 0 Å². The smallest absolute Gasteiger partial charge is 0.161 e. The van der Waals surface area contributed by atoms with Crippen LogP contribution in [-0.2, 0) is 4.79 Å². The first-order chi connectivity index (χ1) is 16.6. The number of rotatable bonds is 11. The fourth-order valence-electron chi connectivity index (χ4n) is 4.61. The van der Waals surface area contributed by atoms with Gasteiger partial charge in [-0.25, -0.2) is 0 Å². The number of ether oxygens (including phenoxy) is 4. The van der Waals surface area contributed by atoms with Crippen LogP contribution in [0.25, 0.3) is 0 Å². The van der Waals surface area contributed by atoms with Gasteiger partial charge in [0.15, 0.2) is 11.5 Å². The number of Topliss-reactive ketones (excluding diaryl/α,β-unsaturated/α-hetero) is 1. The normalized spacial score (nSPS) is 17.6. The van der Waals surface area contributed by atoms with Crippen LogP contribution in [0.2, 0.25) is 0 Å². The molecule has 2 aliphatic heterocycles. The number of likely N-dealkylation sites (tertiary alicyclic amines) is 1. The van der Waals surface area contributed by atoms with Gasteiger partial charge in [-0.2, -0.15) is 0 Å². The fourth-order valence-corrected chi connectivity index (χ4v) is 4.61. The molecule has 2 aromatic rings. The van der Waals surface area contributed by atoms with Gasteiger partial charge >= 0.3 is 0 Å². The average molecular weight is 470 g/mol. The number of carbonyl (C=O) groups is 1. The summed E-state index contributed by atoms with van der Waals surface area (Å²) in [5.74, 6) is 2.70. The zero-order valence-corrected chi connectivity index (χ0v) is 19.9. The maximum absolute atomic E-state index is 12.9. The third kappa shape index (κ3) is 6.64. The first kappa shape index (κ1) is 24.4. The lowest BCUT2D eigenvalue weighted by atomic mass is 9.89. The Morgan fingerprint density at radius 2 is 1.71 bits per heavy atom. The zero-order valence-electron chi connectivity index (χ0n) is 19.9. The summed E-state index contributed by atoms with van der Waals surface area (Å²) in [6, 6.07) is 12.9. The predicted molar refractivity (Wildman–Crippen MR) is 129 cm³/mol. The molecular weight excluding hydrogens is 434 g/mol. The summed E-state index contributed by atoms with van der Waals surface area (Å²) in [5, 5.41) is 11.3. The lowest BCUT2D eigenvalue weighted by Gasteiger charge is -2.33. The minimum atomic E-state index is -0.760. The molecule has 1 saturated heterocycles. The van der Waals surface area contributed by atoms with E-state index < -0.39 is 6.10 Å². The number of aliphatic hydroxyl groups is 1. The zero-order chi connectivity index (χ0) is 23.8. The molecule has 2 aromatic carbocycles. The van der Waals surface area contributed by atoms with Crippen LogP contribution in [0.5, 0.6) is 23.0 Å². The number of hydrogen-bond donors (Lipinski definition) is 1. The van der Waals surface area contributed by atoms with E-state index in [-0.39, 0.29) is 11.7 Å². The van der Waals surface area contributed by atoms with Gasteiger partial charge < -0.3 is 29.0 Å². The van der Waals surface area contributed by atoms with E-state index in [1.165, 1.54) is 6.42 Å². The Kier molecular flexibility index (Phi) is 8.66. The number of aliphatic hydroxyl groups excluding tert-OH is 1. The van der Waals surface area contributed by atoms with Gasteiger partial charge in [0, 0.05) is 25.3 Å². The number of nitrogens with zero attached hydrogens (tertiary/aromatic N) is 1. The molecule has 7 nitrogen and oxygen atoms in total. The van der Waals surface area contributed by atoms with Crippen molar-refractivity contribution in [2.75, 3.05) is 46.6 Å². The van der Waals surface area contributed by atoms with Crippen LogP contribution in [-0.4, -0.2) is 62.4 Å². The maximum Gasteiger partial charge on any atom is 0.161 e. The van der Waals surface area contributed by atoms with Gasteiger partial charge in [0.2, 0.25) is 0 Å². The highest BCUT2D eigenvalue weighted by Gasteiger charge is 2.28. The Morgan fingerprint density at radius 3 is 2.44 bits per heavy atom. The molecule has 1 fully saturated rings. The minimum absolute atomic E-state index is 0.0899. The van der Waals surface area contributed by atoms with Crippen molar-refractivity contribution >= 4 is 5.78 Å². The minimum Gasteiger partial charge on any atom is -0.497 e. The summed E-state index contributed by atoms with van der Waals surface area (Å²) in [5.41, 5.74) is 0.758. The third-order valence-electron chi connectivity index (χ3n) is 6.49. The van der Waals surface area contributed by atoms with E-state index in [0.717, 1.165) is 37.2 Å². The molecule has 7 heteroatoms. The molecule has 2 atom stereocenters. The second-order valence-electron chi connectivity index (χ2n) is 8.99. The van der Waals surface area contributed by atoms with Crippen molar-refractivity contribution in [3.05, 3.63) is 48.0 Å². The largest absolute Gasteiger partial charge is 0.497 e. The molecule has 0 aliphatic carbocycles. The van der Waals surface area contributed by atoms with Gasteiger partial charge in [0.05, 0.1) is 19.8 Å². The summed E-state index contributed by atoms with van der Waals surface area (Å²) >= 11 is 0. The Hall–Kier alpha value is -2.77. The Labute approximate surface area is 201 Å². The quantitative estimate of drug-likeness (QED) is 0.532.